The van der Waals surface area contributed by atoms with Crippen LogP contribution in [-0.4, -0.2) is 17.4 Å². The molecule has 16 heavy (non-hydrogen) atoms. The molecule has 1 saturated carbocycles. The number of rotatable bonds is 3. The Morgan fingerprint density at radius 1 is 1.44 bits per heavy atom. The van der Waals surface area contributed by atoms with E-state index < -0.39 is 0 Å². The van der Waals surface area contributed by atoms with E-state index in [4.69, 9.17) is 15.9 Å². The molecule has 1 aliphatic carbocycles. The van der Waals surface area contributed by atoms with Crippen molar-refractivity contribution >= 4 is 17.2 Å². The number of nitrogens with two attached hydrogens (primary N) is 1. The topological polar surface area (TPSA) is 72.0 Å². The van der Waals surface area contributed by atoms with Gasteiger partial charge in [0, 0.05) is 12.5 Å². The maximum atomic E-state index is 7.59. The molecule has 1 saturated heterocycles. The summed E-state index contributed by atoms with van der Waals surface area (Å²) >= 11 is 1.55. The highest BCUT2D eigenvalue weighted by Gasteiger charge is 2.32. The zero-order chi connectivity index (χ0) is 11.1. The molecule has 1 aromatic rings. The van der Waals surface area contributed by atoms with Crippen LogP contribution in [0.2, 0.25) is 0 Å². The van der Waals surface area contributed by atoms with Crippen molar-refractivity contribution < 1.29 is 4.74 Å². The molecular formula is C11H15N3OS. The number of nitrogen functional groups attached to an aromatic ring is 1. The summed E-state index contributed by atoms with van der Waals surface area (Å²) in [5.74, 6) is 0.703. The van der Waals surface area contributed by atoms with Crippen molar-refractivity contribution in [1.29, 1.82) is 5.41 Å². The number of thiazole rings is 1. The molecule has 3 rings (SSSR count). The molecule has 2 aliphatic rings. The van der Waals surface area contributed by atoms with Gasteiger partial charge in [-0.2, -0.15) is 0 Å². The Morgan fingerprint density at radius 2 is 2.25 bits per heavy atom. The Bertz CT molecular complexity index is 419. The second kappa shape index (κ2) is 3.82. The van der Waals surface area contributed by atoms with Gasteiger partial charge in [-0.1, -0.05) is 0 Å². The van der Waals surface area contributed by atoms with Gasteiger partial charge in [0.25, 0.3) is 0 Å². The first kappa shape index (κ1) is 10.2. The molecule has 0 aromatic carbocycles. The van der Waals surface area contributed by atoms with Crippen LogP contribution >= 0.6 is 11.3 Å². The number of nitrogens with one attached hydrogen (secondary N) is 1. The van der Waals surface area contributed by atoms with Crippen LogP contribution in [0.5, 0.6) is 0 Å². The lowest BCUT2D eigenvalue weighted by atomic mass is 10.2. The third kappa shape index (κ3) is 1.74. The van der Waals surface area contributed by atoms with E-state index >= 15 is 0 Å². The van der Waals surface area contributed by atoms with Gasteiger partial charge in [-0.15, -0.1) is 11.3 Å². The number of aromatic nitrogens is 1. The van der Waals surface area contributed by atoms with Crippen LogP contribution in [0.3, 0.4) is 0 Å². The molecule has 1 aromatic heterocycles. The maximum Gasteiger partial charge on any atom is 0.135 e. The SMILES string of the molecule is N=C(N)c1sc(C2CCCO2)nc1C1CC1. The van der Waals surface area contributed by atoms with Gasteiger partial charge in [-0.05, 0) is 25.7 Å². The van der Waals surface area contributed by atoms with Gasteiger partial charge in [0.1, 0.15) is 16.9 Å². The second-order valence-corrected chi connectivity index (χ2v) is 5.49. The summed E-state index contributed by atoms with van der Waals surface area (Å²) in [5.41, 5.74) is 6.65. The number of ether oxygens (including phenoxy) is 1. The van der Waals surface area contributed by atoms with Crippen LogP contribution in [0.15, 0.2) is 0 Å². The van der Waals surface area contributed by atoms with Crippen molar-refractivity contribution in [3.05, 3.63) is 15.6 Å². The summed E-state index contributed by atoms with van der Waals surface area (Å²) in [6.07, 6.45) is 4.69. The molecule has 0 bridgehead atoms. The average molecular weight is 237 g/mol. The first-order valence-corrected chi connectivity index (χ1v) is 6.54. The minimum absolute atomic E-state index is 0.149. The molecule has 2 fully saturated rings. The Kier molecular flexibility index (Phi) is 2.44. The highest BCUT2D eigenvalue weighted by Crippen LogP contribution is 2.44. The van der Waals surface area contributed by atoms with Crippen LogP contribution in [0.25, 0.3) is 0 Å². The summed E-state index contributed by atoms with van der Waals surface area (Å²) in [4.78, 5) is 5.52. The molecule has 1 unspecified atom stereocenters. The lowest BCUT2D eigenvalue weighted by Gasteiger charge is -2.03. The van der Waals surface area contributed by atoms with E-state index in [1.807, 2.05) is 0 Å². The zero-order valence-corrected chi connectivity index (χ0v) is 9.85. The molecular weight excluding hydrogens is 222 g/mol. The van der Waals surface area contributed by atoms with Crippen molar-refractivity contribution in [2.45, 2.75) is 37.7 Å². The fourth-order valence-corrected chi connectivity index (χ4v) is 3.18. The summed E-state index contributed by atoms with van der Waals surface area (Å²) < 4.78 is 5.62. The van der Waals surface area contributed by atoms with Crippen molar-refractivity contribution in [3.63, 3.8) is 0 Å². The quantitative estimate of drug-likeness (QED) is 0.625. The largest absolute Gasteiger partial charge is 0.383 e. The second-order valence-electron chi connectivity index (χ2n) is 4.46. The summed E-state index contributed by atoms with van der Waals surface area (Å²) in [6.45, 7) is 0.832. The smallest absolute Gasteiger partial charge is 0.135 e. The molecule has 4 nitrogen and oxygen atoms in total. The lowest BCUT2D eigenvalue weighted by Crippen LogP contribution is -2.11. The average Bonchev–Trinajstić information content (AvgIpc) is 2.83. The van der Waals surface area contributed by atoms with E-state index in [0.717, 1.165) is 35.0 Å². The van der Waals surface area contributed by atoms with E-state index in [1.165, 1.54) is 12.8 Å². The van der Waals surface area contributed by atoms with Crippen LogP contribution in [-0.2, 0) is 4.74 Å². The van der Waals surface area contributed by atoms with Crippen molar-refractivity contribution in [2.24, 2.45) is 5.73 Å². The predicted molar refractivity (Wildman–Crippen MR) is 63.0 cm³/mol. The number of hydrogen-bond acceptors (Lipinski definition) is 4. The minimum atomic E-state index is 0.149. The first-order valence-electron chi connectivity index (χ1n) is 5.72. The summed E-state index contributed by atoms with van der Waals surface area (Å²) in [7, 11) is 0. The third-order valence-electron chi connectivity index (χ3n) is 3.08. The maximum absolute atomic E-state index is 7.59. The van der Waals surface area contributed by atoms with Gasteiger partial charge in [-0.25, -0.2) is 4.98 Å². The standard InChI is InChI=1S/C11H15N3OS/c12-10(13)9-8(6-3-4-6)14-11(16-9)7-2-1-5-15-7/h6-7H,1-5H2,(H3,12,13). The van der Waals surface area contributed by atoms with Gasteiger partial charge in [0.05, 0.1) is 10.6 Å². The van der Waals surface area contributed by atoms with Crippen LogP contribution in [0, 0.1) is 5.41 Å². The fraction of sp³-hybridized carbons (Fsp3) is 0.636. The van der Waals surface area contributed by atoms with Gasteiger partial charge >= 0.3 is 0 Å². The highest BCUT2D eigenvalue weighted by molar-refractivity contribution is 7.13. The molecule has 3 N–H and O–H groups in total. The molecule has 86 valence electrons. The monoisotopic (exact) mass is 237 g/mol. The molecule has 0 spiro atoms. The van der Waals surface area contributed by atoms with E-state index in [9.17, 15) is 0 Å². The van der Waals surface area contributed by atoms with Crippen molar-refractivity contribution in [1.82, 2.24) is 4.98 Å². The Morgan fingerprint density at radius 3 is 2.81 bits per heavy atom. The van der Waals surface area contributed by atoms with E-state index in [-0.39, 0.29) is 11.9 Å². The molecule has 0 amide bonds. The molecule has 0 radical (unpaired) electrons. The van der Waals surface area contributed by atoms with Crippen LogP contribution in [0.4, 0.5) is 0 Å². The molecule has 2 heterocycles. The lowest BCUT2D eigenvalue weighted by molar-refractivity contribution is 0.111. The fourth-order valence-electron chi connectivity index (χ4n) is 2.09. The number of amidine groups is 1. The molecule has 1 atom stereocenters. The predicted octanol–water partition coefficient (Wildman–Crippen LogP) is 2.16. The van der Waals surface area contributed by atoms with E-state index in [0.29, 0.717) is 5.92 Å². The summed E-state index contributed by atoms with van der Waals surface area (Å²) in [5, 5.41) is 8.61. The summed E-state index contributed by atoms with van der Waals surface area (Å²) in [6, 6.07) is 0. The Labute approximate surface area is 98.3 Å². The van der Waals surface area contributed by atoms with Gasteiger partial charge in [0.15, 0.2) is 0 Å². The van der Waals surface area contributed by atoms with Gasteiger partial charge in [-0.3, -0.25) is 5.41 Å². The van der Waals surface area contributed by atoms with Crippen molar-refractivity contribution in [2.75, 3.05) is 6.61 Å². The Balaban J connectivity index is 1.94. The minimum Gasteiger partial charge on any atom is -0.383 e. The Hall–Kier alpha value is -0.940. The van der Waals surface area contributed by atoms with Gasteiger partial charge < -0.3 is 10.5 Å². The third-order valence-corrected chi connectivity index (χ3v) is 4.28. The molecule has 5 heteroatoms. The zero-order valence-electron chi connectivity index (χ0n) is 9.03. The normalized spacial score (nSPS) is 24.9. The van der Waals surface area contributed by atoms with Crippen LogP contribution in [0.1, 0.15) is 53.3 Å². The van der Waals surface area contributed by atoms with Crippen LogP contribution < -0.4 is 5.73 Å². The number of hydrogen-bond donors (Lipinski definition) is 2. The number of nitrogens with zero attached hydrogens (tertiary/aromatic N) is 1. The van der Waals surface area contributed by atoms with E-state index in [2.05, 4.69) is 4.98 Å². The first-order chi connectivity index (χ1) is 7.75. The molecule has 1 aliphatic heterocycles. The van der Waals surface area contributed by atoms with E-state index in [1.54, 1.807) is 11.3 Å². The van der Waals surface area contributed by atoms with Gasteiger partial charge in [0.2, 0.25) is 0 Å². The highest BCUT2D eigenvalue weighted by atomic mass is 32.1. The van der Waals surface area contributed by atoms with Crippen molar-refractivity contribution in [3.8, 4) is 0 Å².